The maximum atomic E-state index is 13.3. The molecule has 1 N–H and O–H groups in total. The van der Waals surface area contributed by atoms with Crippen LogP contribution in [0.4, 0.5) is 10.5 Å². The molecule has 1 saturated heterocycles. The van der Waals surface area contributed by atoms with Gasteiger partial charge >= 0.3 is 6.09 Å². The van der Waals surface area contributed by atoms with Crippen LogP contribution in [0.1, 0.15) is 41.9 Å². The van der Waals surface area contributed by atoms with Gasteiger partial charge in [0.25, 0.3) is 5.91 Å². The Hall–Kier alpha value is -3.22. The standard InChI is InChI=1S/C23H27N3O4/c1-3-30-23(28)25-13-11-17(12-14-25)26-21(19-9-4-5-10-20(19)22(26)27)24-16-7-6-8-18(15-16)29-2/h4-10,15,17,21,24H,3,11-14H2,1-2H3/t21-/m0/s1. The SMILES string of the molecule is CCOC(=O)N1CCC(N2C(=O)c3ccccc3[C@H]2Nc2cccc(OC)c2)CC1. The predicted molar refractivity (Wildman–Crippen MR) is 114 cm³/mol. The first-order valence-electron chi connectivity index (χ1n) is 10.4. The van der Waals surface area contributed by atoms with E-state index in [1.165, 1.54) is 0 Å². The number of ether oxygens (including phenoxy) is 2. The minimum absolute atomic E-state index is 0.0283. The van der Waals surface area contributed by atoms with Crippen LogP contribution in [0, 0.1) is 0 Å². The highest BCUT2D eigenvalue weighted by molar-refractivity contribution is 5.99. The molecule has 1 fully saturated rings. The van der Waals surface area contributed by atoms with Crippen molar-refractivity contribution in [3.05, 3.63) is 59.7 Å². The van der Waals surface area contributed by atoms with Gasteiger partial charge in [-0.05, 0) is 38.0 Å². The maximum Gasteiger partial charge on any atom is 0.409 e. The number of likely N-dealkylation sites (tertiary alicyclic amines) is 1. The van der Waals surface area contributed by atoms with Gasteiger partial charge in [0, 0.05) is 42.0 Å². The normalized spacial score (nSPS) is 18.9. The summed E-state index contributed by atoms with van der Waals surface area (Å²) in [7, 11) is 1.64. The van der Waals surface area contributed by atoms with Crippen molar-refractivity contribution in [2.75, 3.05) is 32.1 Å². The predicted octanol–water partition coefficient (Wildman–Crippen LogP) is 3.88. The highest BCUT2D eigenvalue weighted by atomic mass is 16.6. The third-order valence-electron chi connectivity index (χ3n) is 5.76. The third-order valence-corrected chi connectivity index (χ3v) is 5.76. The second-order valence-corrected chi connectivity index (χ2v) is 7.50. The Bertz CT molecular complexity index is 924. The van der Waals surface area contributed by atoms with Crippen LogP contribution in [0.25, 0.3) is 0 Å². The summed E-state index contributed by atoms with van der Waals surface area (Å²) in [4.78, 5) is 29.0. The highest BCUT2D eigenvalue weighted by Gasteiger charge is 2.42. The van der Waals surface area contributed by atoms with Crippen LogP contribution in [-0.2, 0) is 4.74 Å². The van der Waals surface area contributed by atoms with Gasteiger partial charge in [-0.3, -0.25) is 4.79 Å². The Balaban J connectivity index is 1.56. The van der Waals surface area contributed by atoms with E-state index in [4.69, 9.17) is 9.47 Å². The van der Waals surface area contributed by atoms with Gasteiger partial charge in [-0.2, -0.15) is 0 Å². The number of hydrogen-bond acceptors (Lipinski definition) is 5. The van der Waals surface area contributed by atoms with E-state index in [9.17, 15) is 9.59 Å². The van der Waals surface area contributed by atoms with Crippen molar-refractivity contribution >= 4 is 17.7 Å². The summed E-state index contributed by atoms with van der Waals surface area (Å²) >= 11 is 0. The highest BCUT2D eigenvalue weighted by Crippen LogP contribution is 2.38. The molecule has 0 bridgehead atoms. The molecule has 0 aromatic heterocycles. The zero-order valence-corrected chi connectivity index (χ0v) is 17.3. The average Bonchev–Trinajstić information content (AvgIpc) is 3.06. The first kappa shape index (κ1) is 20.1. The molecule has 4 rings (SSSR count). The number of nitrogens with one attached hydrogen (secondary N) is 1. The van der Waals surface area contributed by atoms with Gasteiger partial charge in [0.2, 0.25) is 0 Å². The third kappa shape index (κ3) is 3.79. The van der Waals surface area contributed by atoms with Gasteiger partial charge in [-0.15, -0.1) is 0 Å². The van der Waals surface area contributed by atoms with Crippen LogP contribution in [-0.4, -0.2) is 54.6 Å². The Labute approximate surface area is 176 Å². The summed E-state index contributed by atoms with van der Waals surface area (Å²) in [6.07, 6.45) is 0.891. The number of anilines is 1. The van der Waals surface area contributed by atoms with E-state index in [1.54, 1.807) is 18.9 Å². The Morgan fingerprint density at radius 2 is 1.90 bits per heavy atom. The van der Waals surface area contributed by atoms with E-state index in [1.807, 2.05) is 53.4 Å². The summed E-state index contributed by atoms with van der Waals surface area (Å²) < 4.78 is 10.5. The smallest absolute Gasteiger partial charge is 0.409 e. The number of nitrogens with zero attached hydrogens (tertiary/aromatic N) is 2. The number of fused-ring (bicyclic) bond motifs is 1. The van der Waals surface area contributed by atoms with Gasteiger partial charge in [0.15, 0.2) is 0 Å². The van der Waals surface area contributed by atoms with Crippen molar-refractivity contribution < 1.29 is 19.1 Å². The molecule has 2 heterocycles. The van der Waals surface area contributed by atoms with Crippen LogP contribution >= 0.6 is 0 Å². The molecule has 0 saturated carbocycles. The van der Waals surface area contributed by atoms with E-state index < -0.39 is 0 Å². The molecule has 30 heavy (non-hydrogen) atoms. The topological polar surface area (TPSA) is 71.1 Å². The number of benzene rings is 2. The zero-order valence-electron chi connectivity index (χ0n) is 17.3. The molecular formula is C23H27N3O4. The second kappa shape index (κ2) is 8.65. The first-order chi connectivity index (χ1) is 14.6. The van der Waals surface area contributed by atoms with Crippen molar-refractivity contribution in [2.24, 2.45) is 0 Å². The van der Waals surface area contributed by atoms with Crippen LogP contribution in [0.15, 0.2) is 48.5 Å². The monoisotopic (exact) mass is 409 g/mol. The lowest BCUT2D eigenvalue weighted by molar-refractivity contribution is 0.0496. The first-order valence-corrected chi connectivity index (χ1v) is 10.4. The summed E-state index contributed by atoms with van der Waals surface area (Å²) in [6, 6.07) is 15.5. The molecule has 0 aliphatic carbocycles. The van der Waals surface area contributed by atoms with Gasteiger partial charge in [0.05, 0.1) is 13.7 Å². The van der Waals surface area contributed by atoms with Crippen LogP contribution < -0.4 is 10.1 Å². The molecule has 2 aliphatic heterocycles. The summed E-state index contributed by atoms with van der Waals surface area (Å²) in [5.74, 6) is 0.785. The van der Waals surface area contributed by atoms with E-state index in [2.05, 4.69) is 5.32 Å². The van der Waals surface area contributed by atoms with E-state index in [0.29, 0.717) is 19.7 Å². The lowest BCUT2D eigenvalue weighted by Crippen LogP contribution is -2.49. The molecule has 2 aromatic rings. The number of methoxy groups -OCH3 is 1. The molecule has 7 heteroatoms. The summed E-state index contributed by atoms with van der Waals surface area (Å²) in [6.45, 7) is 3.33. The molecule has 2 aromatic carbocycles. The fourth-order valence-corrected chi connectivity index (χ4v) is 4.27. The number of amides is 2. The van der Waals surface area contributed by atoms with Crippen molar-refractivity contribution in [1.29, 1.82) is 0 Å². The Kier molecular flexibility index (Phi) is 5.79. The van der Waals surface area contributed by atoms with Crippen molar-refractivity contribution in [3.63, 3.8) is 0 Å². The van der Waals surface area contributed by atoms with Crippen LogP contribution in [0.5, 0.6) is 5.75 Å². The Morgan fingerprint density at radius 1 is 1.13 bits per heavy atom. The number of hydrogen-bond donors (Lipinski definition) is 1. The van der Waals surface area contributed by atoms with Crippen LogP contribution in [0.2, 0.25) is 0 Å². The van der Waals surface area contributed by atoms with Crippen molar-refractivity contribution in [2.45, 2.75) is 32.0 Å². The lowest BCUT2D eigenvalue weighted by Gasteiger charge is -2.39. The number of carbonyl (C=O) groups is 2. The number of rotatable bonds is 5. The van der Waals surface area contributed by atoms with Crippen molar-refractivity contribution in [3.8, 4) is 5.75 Å². The molecule has 0 radical (unpaired) electrons. The zero-order chi connectivity index (χ0) is 21.1. The minimum Gasteiger partial charge on any atom is -0.497 e. The van der Waals surface area contributed by atoms with Gasteiger partial charge in [-0.25, -0.2) is 4.79 Å². The molecule has 0 spiro atoms. The molecule has 7 nitrogen and oxygen atoms in total. The van der Waals surface area contributed by atoms with Gasteiger partial charge in [-0.1, -0.05) is 24.3 Å². The Morgan fingerprint density at radius 3 is 2.63 bits per heavy atom. The molecular weight excluding hydrogens is 382 g/mol. The van der Waals surface area contributed by atoms with Gasteiger partial charge < -0.3 is 24.6 Å². The molecule has 2 amide bonds. The molecule has 158 valence electrons. The van der Waals surface area contributed by atoms with E-state index in [-0.39, 0.29) is 24.2 Å². The largest absolute Gasteiger partial charge is 0.497 e. The quantitative estimate of drug-likeness (QED) is 0.811. The second-order valence-electron chi connectivity index (χ2n) is 7.50. The minimum atomic E-state index is -0.280. The summed E-state index contributed by atoms with van der Waals surface area (Å²) in [5, 5.41) is 3.52. The van der Waals surface area contributed by atoms with E-state index >= 15 is 0 Å². The van der Waals surface area contributed by atoms with Gasteiger partial charge in [0.1, 0.15) is 11.9 Å². The van der Waals surface area contributed by atoms with Crippen molar-refractivity contribution in [1.82, 2.24) is 9.80 Å². The lowest BCUT2D eigenvalue weighted by atomic mass is 10.0. The fraction of sp³-hybridized carbons (Fsp3) is 0.391. The molecule has 1 atom stereocenters. The average molecular weight is 409 g/mol. The number of piperidine rings is 1. The summed E-state index contributed by atoms with van der Waals surface area (Å²) in [5.41, 5.74) is 2.58. The molecule has 2 aliphatic rings. The number of carbonyl (C=O) groups excluding carboxylic acids is 2. The molecule has 0 unspecified atom stereocenters. The van der Waals surface area contributed by atoms with E-state index in [0.717, 1.165) is 35.4 Å². The van der Waals surface area contributed by atoms with Crippen LogP contribution in [0.3, 0.4) is 0 Å². The fourth-order valence-electron chi connectivity index (χ4n) is 4.27. The maximum absolute atomic E-state index is 13.3.